The maximum atomic E-state index is 10.7. The van der Waals surface area contributed by atoms with Crippen molar-refractivity contribution in [1.82, 2.24) is 0 Å². The molecule has 0 rings (SSSR count). The fraction of sp³-hybridized carbons (Fsp3) is 0.393. The average molecular weight is 484 g/mol. The SMILES string of the molecule is CO[C@H](C/C=C\C=C\CC/C=C/C[C@H](C)/C=C/C(=C\C(=O)[O-])CC(=O)[O-])/C(C)=C\C=C(/C)C(=O)[O-]. The van der Waals surface area contributed by atoms with E-state index in [2.05, 4.69) is 12.2 Å². The normalized spacial score (nSPS) is 15.5. The summed E-state index contributed by atoms with van der Waals surface area (Å²) >= 11 is 0. The van der Waals surface area contributed by atoms with Crippen molar-refractivity contribution < 1.29 is 34.4 Å². The molecule has 7 nitrogen and oxygen atoms in total. The number of ether oxygens (including phenoxy) is 1. The summed E-state index contributed by atoms with van der Waals surface area (Å²) in [6.07, 6.45) is 21.8. The Morgan fingerprint density at radius 2 is 1.54 bits per heavy atom. The van der Waals surface area contributed by atoms with Gasteiger partial charge in [0.1, 0.15) is 0 Å². The van der Waals surface area contributed by atoms with Gasteiger partial charge in [-0.05, 0) is 68.2 Å². The molecule has 0 aromatic rings. The number of unbranched alkanes of at least 4 members (excludes halogenated alkanes) is 1. The minimum absolute atomic E-state index is 0.114. The van der Waals surface area contributed by atoms with E-state index in [1.165, 1.54) is 19.1 Å². The molecule has 0 saturated carbocycles. The smallest absolute Gasteiger partial charge is 0.0816 e. The van der Waals surface area contributed by atoms with Crippen molar-refractivity contribution >= 4 is 17.9 Å². The second-order valence-electron chi connectivity index (χ2n) is 8.07. The number of carbonyl (C=O) groups excluding carboxylic acids is 3. The lowest BCUT2D eigenvalue weighted by molar-refractivity contribution is -0.304. The molecular formula is C28H35O7-3. The van der Waals surface area contributed by atoms with E-state index in [-0.39, 0.29) is 23.2 Å². The Morgan fingerprint density at radius 1 is 0.886 bits per heavy atom. The maximum Gasteiger partial charge on any atom is 0.0816 e. The number of carbonyl (C=O) groups is 3. The van der Waals surface area contributed by atoms with Crippen LogP contribution in [0.15, 0.2) is 83.6 Å². The molecule has 0 spiro atoms. The number of methoxy groups -OCH3 is 1. The number of allylic oxidation sites excluding steroid dienone is 9. The number of aliphatic carboxylic acids is 3. The third-order valence-corrected chi connectivity index (χ3v) is 4.91. The molecule has 0 aromatic heterocycles. The van der Waals surface area contributed by atoms with Crippen LogP contribution in [0.4, 0.5) is 0 Å². The molecule has 0 unspecified atom stereocenters. The monoisotopic (exact) mass is 483 g/mol. The van der Waals surface area contributed by atoms with Gasteiger partial charge >= 0.3 is 0 Å². The largest absolute Gasteiger partial charge is 0.550 e. The van der Waals surface area contributed by atoms with Crippen molar-refractivity contribution in [3.05, 3.63) is 83.6 Å². The Morgan fingerprint density at radius 3 is 2.14 bits per heavy atom. The highest BCUT2D eigenvalue weighted by Crippen LogP contribution is 2.12. The van der Waals surface area contributed by atoms with E-state index in [4.69, 9.17) is 4.74 Å². The van der Waals surface area contributed by atoms with E-state index in [1.807, 2.05) is 38.2 Å². The zero-order valence-corrected chi connectivity index (χ0v) is 20.9. The van der Waals surface area contributed by atoms with Crippen molar-refractivity contribution in [2.45, 2.75) is 59.0 Å². The first-order valence-electron chi connectivity index (χ1n) is 11.4. The van der Waals surface area contributed by atoms with Crippen LogP contribution in [0.1, 0.15) is 52.9 Å². The molecule has 0 fully saturated rings. The number of carboxylic acid groups (broad SMARTS) is 3. The summed E-state index contributed by atoms with van der Waals surface area (Å²) in [7, 11) is 1.61. The van der Waals surface area contributed by atoms with Gasteiger partial charge in [-0.2, -0.15) is 0 Å². The molecule has 0 heterocycles. The number of rotatable bonds is 17. The summed E-state index contributed by atoms with van der Waals surface area (Å²) in [5.74, 6) is -3.86. The Balaban J connectivity index is 4.41. The van der Waals surface area contributed by atoms with Crippen LogP contribution < -0.4 is 15.3 Å². The Labute approximate surface area is 208 Å². The highest BCUT2D eigenvalue weighted by atomic mass is 16.5. The quantitative estimate of drug-likeness (QED) is 0.134. The topological polar surface area (TPSA) is 130 Å². The van der Waals surface area contributed by atoms with Gasteiger partial charge < -0.3 is 34.4 Å². The lowest BCUT2D eigenvalue weighted by Gasteiger charge is -2.13. The molecule has 35 heavy (non-hydrogen) atoms. The maximum absolute atomic E-state index is 10.7. The standard InChI is InChI=1S/C28H38O7/c1-21(15-18-24(19-26(29)30)20-27(31)32)13-11-9-7-5-6-8-10-12-14-25(35-4)22(2)16-17-23(3)28(33)34/h6,8-12,15-19,21,25H,5,7,13-14,20H2,1-4H3,(H,29,30)(H,31,32)(H,33,34)/p-3/b8-6+,11-9+,12-10-,18-15+,22-16-,23-17+,24-19+/t21-,25+/m0/s1. The number of hydrogen-bond donors (Lipinski definition) is 0. The van der Waals surface area contributed by atoms with Crippen molar-refractivity contribution in [2.75, 3.05) is 7.11 Å². The molecule has 2 atom stereocenters. The lowest BCUT2D eigenvalue weighted by atomic mass is 10.0. The Hall–Kier alpha value is -3.45. The van der Waals surface area contributed by atoms with E-state index in [9.17, 15) is 29.7 Å². The van der Waals surface area contributed by atoms with Crippen LogP contribution in [-0.4, -0.2) is 31.1 Å². The first kappa shape index (κ1) is 31.6. The van der Waals surface area contributed by atoms with Crippen molar-refractivity contribution in [1.29, 1.82) is 0 Å². The van der Waals surface area contributed by atoms with Gasteiger partial charge in [0.05, 0.1) is 18.0 Å². The van der Waals surface area contributed by atoms with Crippen LogP contribution in [-0.2, 0) is 19.1 Å². The molecule has 0 amide bonds. The van der Waals surface area contributed by atoms with Gasteiger partial charge in [0.25, 0.3) is 0 Å². The van der Waals surface area contributed by atoms with Crippen LogP contribution in [0, 0.1) is 5.92 Å². The van der Waals surface area contributed by atoms with Crippen LogP contribution in [0.3, 0.4) is 0 Å². The summed E-state index contributed by atoms with van der Waals surface area (Å²) < 4.78 is 5.45. The minimum atomic E-state index is -1.44. The third-order valence-electron chi connectivity index (χ3n) is 4.91. The van der Waals surface area contributed by atoms with Crippen LogP contribution in [0.2, 0.25) is 0 Å². The zero-order chi connectivity index (χ0) is 26.6. The van der Waals surface area contributed by atoms with E-state index in [0.29, 0.717) is 6.42 Å². The molecule has 0 saturated heterocycles. The van der Waals surface area contributed by atoms with E-state index < -0.39 is 24.3 Å². The second-order valence-corrected chi connectivity index (χ2v) is 8.07. The molecular weight excluding hydrogens is 448 g/mol. The molecule has 0 bridgehead atoms. The van der Waals surface area contributed by atoms with Gasteiger partial charge in [-0.25, -0.2) is 0 Å². The van der Waals surface area contributed by atoms with Gasteiger partial charge in [0, 0.05) is 19.5 Å². The van der Waals surface area contributed by atoms with E-state index in [1.54, 1.807) is 19.3 Å². The summed E-state index contributed by atoms with van der Waals surface area (Å²) in [6.45, 7) is 5.32. The molecule has 0 N–H and O–H groups in total. The first-order valence-corrected chi connectivity index (χ1v) is 11.4. The van der Waals surface area contributed by atoms with Crippen LogP contribution >= 0.6 is 0 Å². The van der Waals surface area contributed by atoms with Gasteiger partial charge in [-0.3, -0.25) is 0 Å². The second kappa shape index (κ2) is 18.9. The zero-order valence-electron chi connectivity index (χ0n) is 20.9. The molecule has 7 heteroatoms. The predicted molar refractivity (Wildman–Crippen MR) is 130 cm³/mol. The highest BCUT2D eigenvalue weighted by Gasteiger charge is 2.06. The fourth-order valence-electron chi connectivity index (χ4n) is 2.82. The minimum Gasteiger partial charge on any atom is -0.550 e. The highest BCUT2D eigenvalue weighted by molar-refractivity contribution is 5.84. The fourth-order valence-corrected chi connectivity index (χ4v) is 2.82. The number of hydrogen-bond acceptors (Lipinski definition) is 7. The Kier molecular flexibility index (Phi) is 17.1. The molecule has 0 radical (unpaired) electrons. The number of carboxylic acids is 3. The van der Waals surface area contributed by atoms with Gasteiger partial charge in [-0.1, -0.05) is 67.7 Å². The summed E-state index contributed by atoms with van der Waals surface area (Å²) in [5.41, 5.74) is 1.21. The van der Waals surface area contributed by atoms with Gasteiger partial charge in [0.2, 0.25) is 0 Å². The summed E-state index contributed by atoms with van der Waals surface area (Å²) in [5, 5.41) is 32.1. The van der Waals surface area contributed by atoms with Gasteiger partial charge in [-0.15, -0.1) is 0 Å². The van der Waals surface area contributed by atoms with Crippen molar-refractivity contribution in [3.8, 4) is 0 Å². The Bertz CT molecular complexity index is 898. The first-order chi connectivity index (χ1) is 16.6. The van der Waals surface area contributed by atoms with Crippen LogP contribution in [0.5, 0.6) is 0 Å². The molecule has 0 aromatic carbocycles. The van der Waals surface area contributed by atoms with E-state index >= 15 is 0 Å². The van der Waals surface area contributed by atoms with Crippen LogP contribution in [0.25, 0.3) is 0 Å². The molecule has 0 aliphatic carbocycles. The lowest BCUT2D eigenvalue weighted by Crippen LogP contribution is -2.24. The summed E-state index contributed by atoms with van der Waals surface area (Å²) in [4.78, 5) is 32.1. The van der Waals surface area contributed by atoms with Gasteiger partial charge in [0.15, 0.2) is 0 Å². The molecule has 0 aliphatic heterocycles. The summed E-state index contributed by atoms with van der Waals surface area (Å²) in [6, 6.07) is 0. The van der Waals surface area contributed by atoms with Crippen molar-refractivity contribution in [3.63, 3.8) is 0 Å². The van der Waals surface area contributed by atoms with Crippen molar-refractivity contribution in [2.24, 2.45) is 5.92 Å². The predicted octanol–water partition coefficient (Wildman–Crippen LogP) is 1.88. The molecule has 192 valence electrons. The van der Waals surface area contributed by atoms with E-state index in [0.717, 1.165) is 30.9 Å². The average Bonchev–Trinajstić information content (AvgIpc) is 2.78. The molecule has 0 aliphatic rings. The third kappa shape index (κ3) is 17.7.